The molecule has 1 aromatic carbocycles. The zero-order chi connectivity index (χ0) is 19.4. The van der Waals surface area contributed by atoms with Crippen molar-refractivity contribution in [1.29, 1.82) is 0 Å². The summed E-state index contributed by atoms with van der Waals surface area (Å²) in [4.78, 5) is 15.7. The van der Waals surface area contributed by atoms with Gasteiger partial charge in [0.1, 0.15) is 10.7 Å². The zero-order valence-electron chi connectivity index (χ0n) is 15.8. The van der Waals surface area contributed by atoms with Crippen molar-refractivity contribution < 1.29 is 13.9 Å². The molecule has 2 heterocycles. The number of benzene rings is 1. The minimum atomic E-state index is -0.325. The fourth-order valence-electron chi connectivity index (χ4n) is 3.80. The van der Waals surface area contributed by atoms with Crippen molar-refractivity contribution in [2.75, 3.05) is 32.8 Å². The van der Waals surface area contributed by atoms with Gasteiger partial charge < -0.3 is 10.1 Å². The number of amides is 1. The van der Waals surface area contributed by atoms with E-state index in [0.29, 0.717) is 27.1 Å². The van der Waals surface area contributed by atoms with Gasteiger partial charge >= 0.3 is 0 Å². The number of rotatable bonds is 7. The Labute approximate surface area is 168 Å². The van der Waals surface area contributed by atoms with E-state index in [4.69, 9.17) is 16.3 Å². The van der Waals surface area contributed by atoms with Crippen molar-refractivity contribution in [2.24, 2.45) is 5.92 Å². The largest absolute Gasteiger partial charge is 0.379 e. The van der Waals surface area contributed by atoms with E-state index in [0.717, 1.165) is 44.5 Å². The highest BCUT2D eigenvalue weighted by Gasteiger charge is 2.28. The smallest absolute Gasteiger partial charge is 0.262 e. The average molecular weight is 413 g/mol. The Hall–Kier alpha value is -1.21. The van der Waals surface area contributed by atoms with Gasteiger partial charge in [0, 0.05) is 35.8 Å². The quantitative estimate of drug-likeness (QED) is 0.724. The van der Waals surface area contributed by atoms with Crippen LogP contribution in [0, 0.1) is 11.7 Å². The third kappa shape index (κ3) is 4.62. The van der Waals surface area contributed by atoms with Crippen molar-refractivity contribution in [3.63, 3.8) is 0 Å². The number of hydrogen-bond donors (Lipinski definition) is 1. The lowest BCUT2D eigenvalue weighted by Crippen LogP contribution is -2.52. The van der Waals surface area contributed by atoms with Crippen LogP contribution in [-0.2, 0) is 4.74 Å². The van der Waals surface area contributed by atoms with E-state index in [2.05, 4.69) is 24.1 Å². The monoisotopic (exact) mass is 412 g/mol. The number of carbonyl (C=O) groups is 1. The van der Waals surface area contributed by atoms with Crippen LogP contribution in [0.2, 0.25) is 5.02 Å². The number of thiophene rings is 1. The van der Waals surface area contributed by atoms with Crippen molar-refractivity contribution in [3.05, 3.63) is 33.9 Å². The molecule has 0 radical (unpaired) electrons. The molecular weight excluding hydrogens is 387 g/mol. The molecule has 1 aliphatic heterocycles. The van der Waals surface area contributed by atoms with Gasteiger partial charge in [-0.05, 0) is 24.1 Å². The van der Waals surface area contributed by atoms with Gasteiger partial charge in [0.25, 0.3) is 5.91 Å². The predicted octanol–water partition coefficient (Wildman–Crippen LogP) is 4.56. The Balaban J connectivity index is 1.74. The average Bonchev–Trinajstić information content (AvgIpc) is 3.01. The molecule has 1 unspecified atom stereocenters. The molecule has 3 rings (SSSR count). The number of halogens is 2. The lowest BCUT2D eigenvalue weighted by molar-refractivity contribution is 0.00192. The molecule has 1 saturated heterocycles. The summed E-state index contributed by atoms with van der Waals surface area (Å²) in [6.07, 6.45) is 2.13. The first-order valence-electron chi connectivity index (χ1n) is 9.52. The zero-order valence-corrected chi connectivity index (χ0v) is 17.3. The molecule has 0 spiro atoms. The molecule has 148 valence electrons. The number of carbonyl (C=O) groups excluding carboxylic acids is 1. The van der Waals surface area contributed by atoms with Crippen LogP contribution in [-0.4, -0.2) is 49.7 Å². The van der Waals surface area contributed by atoms with Crippen LogP contribution in [0.5, 0.6) is 0 Å². The van der Waals surface area contributed by atoms with Crippen molar-refractivity contribution in [1.82, 2.24) is 10.2 Å². The second kappa shape index (κ2) is 9.32. The summed E-state index contributed by atoms with van der Waals surface area (Å²) in [5, 5.41) is 4.19. The Kier molecular flexibility index (Phi) is 7.09. The van der Waals surface area contributed by atoms with Crippen molar-refractivity contribution in [3.8, 4) is 0 Å². The molecule has 0 bridgehead atoms. The van der Waals surface area contributed by atoms with Crippen LogP contribution in [0.25, 0.3) is 10.1 Å². The fourth-order valence-corrected chi connectivity index (χ4v) is 5.26. The van der Waals surface area contributed by atoms with Gasteiger partial charge in [0.2, 0.25) is 0 Å². The van der Waals surface area contributed by atoms with E-state index in [1.807, 2.05) is 0 Å². The van der Waals surface area contributed by atoms with Gasteiger partial charge in [0.05, 0.1) is 18.2 Å². The summed E-state index contributed by atoms with van der Waals surface area (Å²) in [6.45, 7) is 8.21. The standard InChI is InChI=1S/C20H26ClFN2O2S/c1-3-13(4-2)16(24-7-9-26-10-8-24)12-23-20(25)19-18(21)15-6-5-14(22)11-17(15)27-19/h5-6,11,13,16H,3-4,7-10,12H2,1-2H3,(H,23,25). The number of fused-ring (bicyclic) bond motifs is 1. The van der Waals surface area contributed by atoms with Gasteiger partial charge in [-0.1, -0.05) is 38.3 Å². The van der Waals surface area contributed by atoms with Crippen LogP contribution in [0.4, 0.5) is 4.39 Å². The molecule has 1 N–H and O–H groups in total. The van der Waals surface area contributed by atoms with Gasteiger partial charge in [0.15, 0.2) is 0 Å². The predicted molar refractivity (Wildman–Crippen MR) is 109 cm³/mol. The number of morpholine rings is 1. The number of nitrogens with one attached hydrogen (secondary N) is 1. The second-order valence-corrected chi connectivity index (χ2v) is 8.32. The molecular formula is C20H26ClFN2O2S. The minimum absolute atomic E-state index is 0.189. The molecule has 4 nitrogen and oxygen atoms in total. The Morgan fingerprint density at radius 2 is 2.04 bits per heavy atom. The van der Waals surface area contributed by atoms with E-state index in [1.165, 1.54) is 23.5 Å². The first-order valence-corrected chi connectivity index (χ1v) is 10.7. The number of hydrogen-bond acceptors (Lipinski definition) is 4. The SMILES string of the molecule is CCC(CC)C(CNC(=O)c1sc2cc(F)ccc2c1Cl)N1CCOCC1. The third-order valence-corrected chi connectivity index (χ3v) is 7.03. The fraction of sp³-hybridized carbons (Fsp3) is 0.550. The van der Waals surface area contributed by atoms with E-state index in [1.54, 1.807) is 6.07 Å². The molecule has 1 atom stereocenters. The maximum Gasteiger partial charge on any atom is 0.262 e. The normalized spacial score (nSPS) is 16.8. The second-order valence-electron chi connectivity index (χ2n) is 6.89. The van der Waals surface area contributed by atoms with E-state index in [-0.39, 0.29) is 17.8 Å². The van der Waals surface area contributed by atoms with E-state index >= 15 is 0 Å². The summed E-state index contributed by atoms with van der Waals surface area (Å²) in [5.41, 5.74) is 0. The molecule has 2 aromatic rings. The Bertz CT molecular complexity index is 788. The van der Waals surface area contributed by atoms with Gasteiger partial charge in [-0.3, -0.25) is 9.69 Å². The van der Waals surface area contributed by atoms with Crippen LogP contribution in [0.15, 0.2) is 18.2 Å². The van der Waals surface area contributed by atoms with Crippen LogP contribution >= 0.6 is 22.9 Å². The third-order valence-electron chi connectivity index (χ3n) is 5.38. The Morgan fingerprint density at radius 3 is 2.70 bits per heavy atom. The lowest BCUT2D eigenvalue weighted by Gasteiger charge is -2.38. The lowest BCUT2D eigenvalue weighted by atomic mass is 9.92. The number of nitrogens with zero attached hydrogens (tertiary/aromatic N) is 1. The maximum absolute atomic E-state index is 13.5. The van der Waals surface area contributed by atoms with Gasteiger partial charge in [-0.2, -0.15) is 0 Å². The van der Waals surface area contributed by atoms with E-state index < -0.39 is 0 Å². The van der Waals surface area contributed by atoms with Gasteiger partial charge in [-0.15, -0.1) is 11.3 Å². The first kappa shape index (κ1) is 20.5. The highest BCUT2D eigenvalue weighted by atomic mass is 35.5. The molecule has 1 amide bonds. The summed E-state index contributed by atoms with van der Waals surface area (Å²) < 4.78 is 19.6. The molecule has 1 aliphatic rings. The highest BCUT2D eigenvalue weighted by molar-refractivity contribution is 7.21. The van der Waals surface area contributed by atoms with Crippen LogP contribution in [0.1, 0.15) is 36.4 Å². The molecule has 0 aliphatic carbocycles. The van der Waals surface area contributed by atoms with Crippen molar-refractivity contribution >= 4 is 38.9 Å². The molecule has 1 fully saturated rings. The highest BCUT2D eigenvalue weighted by Crippen LogP contribution is 2.35. The molecule has 7 heteroatoms. The van der Waals surface area contributed by atoms with Crippen LogP contribution in [0.3, 0.4) is 0 Å². The summed E-state index contributed by atoms with van der Waals surface area (Å²) >= 11 is 7.62. The van der Waals surface area contributed by atoms with Crippen LogP contribution < -0.4 is 5.32 Å². The first-order chi connectivity index (χ1) is 13.0. The van der Waals surface area contributed by atoms with Gasteiger partial charge in [-0.25, -0.2) is 4.39 Å². The molecule has 27 heavy (non-hydrogen) atoms. The summed E-state index contributed by atoms with van der Waals surface area (Å²) in [6, 6.07) is 4.69. The molecule has 0 saturated carbocycles. The summed E-state index contributed by atoms with van der Waals surface area (Å²) in [7, 11) is 0. The van der Waals surface area contributed by atoms with E-state index in [9.17, 15) is 9.18 Å². The topological polar surface area (TPSA) is 41.6 Å². The maximum atomic E-state index is 13.5. The Morgan fingerprint density at radius 1 is 1.33 bits per heavy atom. The van der Waals surface area contributed by atoms with Crippen molar-refractivity contribution in [2.45, 2.75) is 32.7 Å². The number of ether oxygens (including phenoxy) is 1. The summed E-state index contributed by atoms with van der Waals surface area (Å²) in [5.74, 6) is -0.00492. The molecule has 1 aromatic heterocycles. The minimum Gasteiger partial charge on any atom is -0.379 e.